The van der Waals surface area contributed by atoms with E-state index in [1.54, 1.807) is 12.1 Å². The van der Waals surface area contributed by atoms with E-state index in [2.05, 4.69) is 5.32 Å². The molecular weight excluding hydrogens is 269 g/mol. The molecule has 3 nitrogen and oxygen atoms in total. The minimum absolute atomic E-state index is 0.115. The van der Waals surface area contributed by atoms with Gasteiger partial charge in [-0.25, -0.2) is 4.39 Å². The molecule has 0 saturated carbocycles. The quantitative estimate of drug-likeness (QED) is 0.746. The number of ether oxygens (including phenoxy) is 2. The Balaban J connectivity index is 2.78. The van der Waals surface area contributed by atoms with E-state index in [0.717, 1.165) is 0 Å². The maximum absolute atomic E-state index is 13.8. The van der Waals surface area contributed by atoms with Gasteiger partial charge in [-0.15, -0.1) is 0 Å². The summed E-state index contributed by atoms with van der Waals surface area (Å²) in [5, 5.41) is 3.51. The molecule has 0 aliphatic heterocycles. The Morgan fingerprint density at radius 1 is 1.26 bits per heavy atom. The third kappa shape index (κ3) is 5.07. The molecule has 19 heavy (non-hydrogen) atoms. The fourth-order valence-electron chi connectivity index (χ4n) is 1.87. The van der Waals surface area contributed by atoms with Gasteiger partial charge in [-0.05, 0) is 45.0 Å². The van der Waals surface area contributed by atoms with Crippen LogP contribution in [-0.2, 0) is 15.9 Å². The molecule has 0 aromatic heterocycles. The van der Waals surface area contributed by atoms with Gasteiger partial charge in [0.15, 0.2) is 6.29 Å². The molecule has 1 atom stereocenters. The van der Waals surface area contributed by atoms with E-state index >= 15 is 0 Å². The van der Waals surface area contributed by atoms with Crippen molar-refractivity contribution < 1.29 is 13.9 Å². The lowest BCUT2D eigenvalue weighted by molar-refractivity contribution is -0.152. The first-order valence-corrected chi connectivity index (χ1v) is 6.84. The van der Waals surface area contributed by atoms with Gasteiger partial charge >= 0.3 is 0 Å². The van der Waals surface area contributed by atoms with Crippen LogP contribution in [0, 0.1) is 5.82 Å². The molecule has 0 saturated heterocycles. The number of rotatable bonds is 8. The zero-order chi connectivity index (χ0) is 14.3. The molecule has 5 heteroatoms. The van der Waals surface area contributed by atoms with Crippen molar-refractivity contribution in [1.82, 2.24) is 5.32 Å². The number of hydrogen-bond acceptors (Lipinski definition) is 3. The van der Waals surface area contributed by atoms with Crippen molar-refractivity contribution in [2.24, 2.45) is 0 Å². The maximum Gasteiger partial charge on any atom is 0.172 e. The van der Waals surface area contributed by atoms with Crippen LogP contribution in [-0.4, -0.2) is 32.6 Å². The molecule has 0 bridgehead atoms. The van der Waals surface area contributed by atoms with Gasteiger partial charge in [0, 0.05) is 18.2 Å². The lowest BCUT2D eigenvalue weighted by Crippen LogP contribution is -2.43. The molecule has 0 amide bonds. The number of halogens is 2. The second kappa shape index (κ2) is 8.48. The van der Waals surface area contributed by atoms with E-state index < -0.39 is 6.29 Å². The third-order valence-electron chi connectivity index (χ3n) is 2.82. The fraction of sp³-hybridized carbons (Fsp3) is 0.571. The van der Waals surface area contributed by atoms with Crippen LogP contribution in [0.25, 0.3) is 0 Å². The SMILES string of the molecule is CCOC(OCC)C(Cc1ccc(Cl)cc1F)NC. The normalized spacial score (nSPS) is 12.9. The first-order valence-electron chi connectivity index (χ1n) is 6.46. The highest BCUT2D eigenvalue weighted by Crippen LogP contribution is 2.17. The van der Waals surface area contributed by atoms with E-state index in [4.69, 9.17) is 21.1 Å². The monoisotopic (exact) mass is 289 g/mol. The lowest BCUT2D eigenvalue weighted by Gasteiger charge is -2.26. The Hall–Kier alpha value is -0.680. The fourth-order valence-corrected chi connectivity index (χ4v) is 2.03. The molecule has 1 aromatic rings. The number of benzene rings is 1. The highest BCUT2D eigenvalue weighted by Gasteiger charge is 2.22. The summed E-state index contributed by atoms with van der Waals surface area (Å²) in [4.78, 5) is 0. The number of hydrogen-bond donors (Lipinski definition) is 1. The zero-order valence-corrected chi connectivity index (χ0v) is 12.3. The highest BCUT2D eigenvalue weighted by atomic mass is 35.5. The maximum atomic E-state index is 13.8. The van der Waals surface area contributed by atoms with Gasteiger partial charge < -0.3 is 14.8 Å². The van der Waals surface area contributed by atoms with Crippen LogP contribution in [0.4, 0.5) is 4.39 Å². The Morgan fingerprint density at radius 2 is 1.89 bits per heavy atom. The molecule has 0 radical (unpaired) electrons. The second-order valence-corrected chi connectivity index (χ2v) is 4.55. The molecule has 1 rings (SSSR count). The van der Waals surface area contributed by atoms with Crippen LogP contribution < -0.4 is 5.32 Å². The summed E-state index contributed by atoms with van der Waals surface area (Å²) in [5.74, 6) is -0.306. The summed E-state index contributed by atoms with van der Waals surface area (Å²) >= 11 is 5.74. The lowest BCUT2D eigenvalue weighted by atomic mass is 10.0. The van der Waals surface area contributed by atoms with Crippen LogP contribution in [0.1, 0.15) is 19.4 Å². The molecule has 1 N–H and O–H groups in total. The van der Waals surface area contributed by atoms with Crippen molar-refractivity contribution in [2.45, 2.75) is 32.6 Å². The van der Waals surface area contributed by atoms with Gasteiger partial charge in [-0.2, -0.15) is 0 Å². The Bertz CT molecular complexity index is 384. The Labute approximate surface area is 119 Å². The largest absolute Gasteiger partial charge is 0.351 e. The molecule has 0 heterocycles. The number of nitrogens with one attached hydrogen (secondary N) is 1. The summed E-state index contributed by atoms with van der Waals surface area (Å²) in [6, 6.07) is 4.58. The van der Waals surface area contributed by atoms with Gasteiger partial charge in [0.1, 0.15) is 5.82 Å². The number of likely N-dealkylation sites (N-methyl/N-ethyl adjacent to an activating group) is 1. The van der Waals surface area contributed by atoms with Crippen LogP contribution in [0.2, 0.25) is 5.02 Å². The predicted octanol–water partition coefficient (Wildman–Crippen LogP) is 3.01. The minimum Gasteiger partial charge on any atom is -0.351 e. The zero-order valence-electron chi connectivity index (χ0n) is 11.6. The van der Waals surface area contributed by atoms with E-state index in [0.29, 0.717) is 30.2 Å². The standard InChI is InChI=1S/C14H21ClFNO2/c1-4-18-14(19-5-2)13(17-3)8-10-6-7-11(15)9-12(10)16/h6-7,9,13-14,17H,4-5,8H2,1-3H3. The van der Waals surface area contributed by atoms with Crippen LogP contribution >= 0.6 is 11.6 Å². The first kappa shape index (κ1) is 16.4. The van der Waals surface area contributed by atoms with Crippen LogP contribution in [0.15, 0.2) is 18.2 Å². The van der Waals surface area contributed by atoms with Crippen molar-refractivity contribution in [1.29, 1.82) is 0 Å². The minimum atomic E-state index is -0.393. The van der Waals surface area contributed by atoms with Crippen molar-refractivity contribution in [2.75, 3.05) is 20.3 Å². The first-order chi connectivity index (χ1) is 9.12. The molecule has 108 valence electrons. The van der Waals surface area contributed by atoms with Crippen molar-refractivity contribution in [3.8, 4) is 0 Å². The summed E-state index contributed by atoms with van der Waals surface area (Å²) in [6.45, 7) is 4.90. The second-order valence-electron chi connectivity index (χ2n) is 4.11. The summed E-state index contributed by atoms with van der Waals surface area (Å²) in [6.07, 6.45) is 0.0829. The molecule has 1 aromatic carbocycles. The van der Waals surface area contributed by atoms with E-state index in [1.807, 2.05) is 20.9 Å². The molecule has 0 aliphatic carbocycles. The topological polar surface area (TPSA) is 30.5 Å². The van der Waals surface area contributed by atoms with E-state index in [-0.39, 0.29) is 11.9 Å². The molecule has 0 aliphatic rings. The van der Waals surface area contributed by atoms with Crippen molar-refractivity contribution in [3.63, 3.8) is 0 Å². The smallest absolute Gasteiger partial charge is 0.172 e. The van der Waals surface area contributed by atoms with Gasteiger partial charge in [-0.1, -0.05) is 17.7 Å². The van der Waals surface area contributed by atoms with Crippen molar-refractivity contribution >= 4 is 11.6 Å². The van der Waals surface area contributed by atoms with Crippen molar-refractivity contribution in [3.05, 3.63) is 34.6 Å². The predicted molar refractivity (Wildman–Crippen MR) is 75.0 cm³/mol. The van der Waals surface area contributed by atoms with Crippen LogP contribution in [0.5, 0.6) is 0 Å². The summed E-state index contributed by atoms with van der Waals surface area (Å²) in [7, 11) is 1.81. The average molecular weight is 290 g/mol. The Morgan fingerprint density at radius 3 is 2.37 bits per heavy atom. The van der Waals surface area contributed by atoms with Gasteiger partial charge in [0.25, 0.3) is 0 Å². The molecular formula is C14H21ClFNO2. The average Bonchev–Trinajstić information content (AvgIpc) is 2.38. The van der Waals surface area contributed by atoms with Crippen LogP contribution in [0.3, 0.4) is 0 Å². The van der Waals surface area contributed by atoms with E-state index in [1.165, 1.54) is 6.07 Å². The highest BCUT2D eigenvalue weighted by molar-refractivity contribution is 6.30. The van der Waals surface area contributed by atoms with E-state index in [9.17, 15) is 4.39 Å². The summed E-state index contributed by atoms with van der Waals surface area (Å²) in [5.41, 5.74) is 0.591. The molecule has 0 spiro atoms. The molecule has 0 fully saturated rings. The summed E-state index contributed by atoms with van der Waals surface area (Å²) < 4.78 is 24.9. The van der Waals surface area contributed by atoms with Gasteiger partial charge in [0.2, 0.25) is 0 Å². The third-order valence-corrected chi connectivity index (χ3v) is 3.05. The molecule has 1 unspecified atom stereocenters. The van der Waals surface area contributed by atoms with Gasteiger partial charge in [-0.3, -0.25) is 0 Å². The van der Waals surface area contributed by atoms with Gasteiger partial charge in [0.05, 0.1) is 6.04 Å². The Kier molecular flexibility index (Phi) is 7.31.